The van der Waals surface area contributed by atoms with Crippen LogP contribution < -0.4 is 0 Å². The van der Waals surface area contributed by atoms with E-state index < -0.39 is 5.20 Å². The maximum absolute atomic E-state index is 12.4. The molecule has 0 aromatic rings. The van der Waals surface area contributed by atoms with Crippen LogP contribution in [0.2, 0.25) is 0 Å². The van der Waals surface area contributed by atoms with Gasteiger partial charge in [0.05, 0.1) is 0 Å². The van der Waals surface area contributed by atoms with Crippen LogP contribution in [0, 0.1) is 28.6 Å². The molecule has 4 aliphatic carbocycles. The zero-order valence-electron chi connectivity index (χ0n) is 15.3. The lowest BCUT2D eigenvalue weighted by molar-refractivity contribution is -0.132. The molecule has 0 aromatic heterocycles. The van der Waals surface area contributed by atoms with Gasteiger partial charge in [-0.05, 0) is 101 Å². The first-order valence-corrected chi connectivity index (χ1v) is 13.8. The Labute approximate surface area is 170 Å². The Morgan fingerprint density at radius 2 is 1.54 bits per heavy atom. The number of hydrogen-bond acceptors (Lipinski definition) is 3. The number of Topliss-reactive ketones (excluding diaryl/α,β-unsaturated/α-hetero) is 1. The average Bonchev–Trinajstić information content (AvgIpc) is 2.82. The summed E-state index contributed by atoms with van der Waals surface area (Å²) in [6.45, 7) is 4.64. The van der Waals surface area contributed by atoms with Gasteiger partial charge in [-0.1, -0.05) is 19.4 Å². The van der Waals surface area contributed by atoms with Crippen molar-refractivity contribution in [2.75, 3.05) is 0 Å². The van der Waals surface area contributed by atoms with E-state index in [1.165, 1.54) is 18.4 Å². The second-order valence-electron chi connectivity index (χ2n) is 8.79. The van der Waals surface area contributed by atoms with Crippen LogP contribution in [0.3, 0.4) is 0 Å². The molecule has 26 heavy (non-hydrogen) atoms. The van der Waals surface area contributed by atoms with E-state index in [4.69, 9.17) is 0 Å². The number of fused-ring (bicyclic) bond motifs is 5. The molecule has 0 spiro atoms. The van der Waals surface area contributed by atoms with E-state index in [0.29, 0.717) is 29.3 Å². The average molecular weight is 440 g/mol. The molecule has 7 heteroatoms. The van der Waals surface area contributed by atoms with Crippen LogP contribution in [0.25, 0.3) is 0 Å². The molecule has 0 heterocycles. The Kier molecular flexibility index (Phi) is 5.80. The van der Waals surface area contributed by atoms with E-state index in [-0.39, 0.29) is 10.8 Å². The largest absolute Gasteiger partial charge is 0.339 e. The maximum Gasteiger partial charge on any atom is 0.339 e. The molecular formula is C19H26Cl3O3P. The molecule has 0 N–H and O–H groups in total. The molecule has 0 aliphatic heterocycles. The topological polar surface area (TPSA) is 51.2 Å². The molecule has 4 rings (SSSR count). The number of ketones is 2. The van der Waals surface area contributed by atoms with Gasteiger partial charge < -0.3 is 0 Å². The van der Waals surface area contributed by atoms with Crippen molar-refractivity contribution >= 4 is 50.5 Å². The fourth-order valence-corrected chi connectivity index (χ4v) is 6.33. The van der Waals surface area contributed by atoms with Crippen molar-refractivity contribution in [3.8, 4) is 0 Å². The first-order chi connectivity index (χ1) is 11.9. The number of allylic oxidation sites excluding steroid dienone is 1. The Bertz CT molecular complexity index is 692. The Hall–Kier alpha value is 0.180. The highest BCUT2D eigenvalue weighted by Gasteiger charge is 2.58. The molecule has 0 amide bonds. The third-order valence-electron chi connectivity index (χ3n) is 7.67. The number of halogens is 3. The number of rotatable bonds is 0. The lowest BCUT2D eigenvalue weighted by Crippen LogP contribution is -2.50. The molecule has 3 saturated carbocycles. The van der Waals surface area contributed by atoms with Gasteiger partial charge in [0.15, 0.2) is 5.78 Å². The van der Waals surface area contributed by atoms with Crippen LogP contribution in [0.1, 0.15) is 65.2 Å². The van der Waals surface area contributed by atoms with E-state index in [1.54, 1.807) is 0 Å². The van der Waals surface area contributed by atoms with Gasteiger partial charge in [0.25, 0.3) is 0 Å². The summed E-state index contributed by atoms with van der Waals surface area (Å²) in [4.78, 5) is 24.1. The minimum Gasteiger partial charge on any atom is -0.299 e. The Morgan fingerprint density at radius 1 is 0.923 bits per heavy atom. The van der Waals surface area contributed by atoms with Gasteiger partial charge in [-0.3, -0.25) is 14.2 Å². The number of hydrogen-bond donors (Lipinski definition) is 0. The summed E-state index contributed by atoms with van der Waals surface area (Å²) >= 11 is 13.8. The molecule has 4 aliphatic rings. The van der Waals surface area contributed by atoms with Gasteiger partial charge in [0, 0.05) is 18.3 Å². The lowest BCUT2D eigenvalue weighted by Gasteiger charge is -2.56. The van der Waals surface area contributed by atoms with Crippen molar-refractivity contribution < 1.29 is 14.2 Å². The first-order valence-electron chi connectivity index (χ1n) is 9.41. The Morgan fingerprint density at radius 3 is 2.19 bits per heavy atom. The highest BCUT2D eigenvalue weighted by atomic mass is 36.0. The van der Waals surface area contributed by atoms with Gasteiger partial charge in [-0.15, -0.1) is 0 Å². The summed E-state index contributed by atoms with van der Waals surface area (Å²) in [7, 11) is 0. The molecule has 3 fully saturated rings. The van der Waals surface area contributed by atoms with E-state index in [9.17, 15) is 14.2 Å². The van der Waals surface area contributed by atoms with Crippen LogP contribution in [0.4, 0.5) is 0 Å². The molecule has 3 nitrogen and oxygen atoms in total. The molecule has 0 radical (unpaired) electrons. The van der Waals surface area contributed by atoms with Gasteiger partial charge in [-0.25, -0.2) is 0 Å². The molecule has 5 atom stereocenters. The highest BCUT2D eigenvalue weighted by Crippen LogP contribution is 2.64. The number of carbonyl (C=O) groups is 2. The summed E-state index contributed by atoms with van der Waals surface area (Å²) < 4.78 is 9.51. The van der Waals surface area contributed by atoms with Gasteiger partial charge in [0.1, 0.15) is 5.78 Å². The third-order valence-corrected chi connectivity index (χ3v) is 7.67. The highest BCUT2D eigenvalue weighted by molar-refractivity contribution is 8.24. The summed E-state index contributed by atoms with van der Waals surface area (Å²) in [6.07, 6.45) is 10.2. The molecular weight excluding hydrogens is 414 g/mol. The van der Waals surface area contributed by atoms with Crippen molar-refractivity contribution in [2.24, 2.45) is 28.6 Å². The van der Waals surface area contributed by atoms with Crippen LogP contribution >= 0.6 is 38.9 Å². The molecule has 0 saturated heterocycles. The van der Waals surface area contributed by atoms with Gasteiger partial charge in [0.2, 0.25) is 0 Å². The van der Waals surface area contributed by atoms with E-state index in [2.05, 4.69) is 47.6 Å². The van der Waals surface area contributed by atoms with Crippen LogP contribution in [0.15, 0.2) is 11.6 Å². The van der Waals surface area contributed by atoms with Crippen molar-refractivity contribution in [2.45, 2.75) is 65.2 Å². The van der Waals surface area contributed by atoms with Crippen LogP contribution in [-0.4, -0.2) is 11.6 Å². The second kappa shape index (κ2) is 7.21. The first kappa shape index (κ1) is 20.9. The zero-order chi connectivity index (χ0) is 19.3. The monoisotopic (exact) mass is 438 g/mol. The quantitative estimate of drug-likeness (QED) is 0.386. The second-order valence-corrected chi connectivity index (χ2v) is 15.4. The predicted octanol–water partition coefficient (Wildman–Crippen LogP) is 6.90. The standard InChI is InChI=1S/C19H26O2.Cl3OP/c1-18-9-7-13(20)11-12(18)3-4-14-15-5-6-17(21)19(15,2)10-8-16(14)18;1-5(2,3)4/h11,14-16H,3-10H2,1-2H3;/t14-,15-,16-,18-,19-;/m0./s1. The fourth-order valence-electron chi connectivity index (χ4n) is 6.33. The zero-order valence-corrected chi connectivity index (χ0v) is 18.4. The Balaban J connectivity index is 0.000000349. The van der Waals surface area contributed by atoms with Crippen molar-refractivity contribution in [1.82, 2.24) is 0 Å². The van der Waals surface area contributed by atoms with Crippen molar-refractivity contribution in [3.63, 3.8) is 0 Å². The maximum atomic E-state index is 12.4. The van der Waals surface area contributed by atoms with Crippen LogP contribution in [0.5, 0.6) is 0 Å². The van der Waals surface area contributed by atoms with Crippen LogP contribution in [-0.2, 0) is 14.2 Å². The van der Waals surface area contributed by atoms with Gasteiger partial charge >= 0.3 is 5.20 Å². The summed E-state index contributed by atoms with van der Waals surface area (Å²) in [5.41, 5.74) is 1.64. The molecule has 146 valence electrons. The van der Waals surface area contributed by atoms with Gasteiger partial charge in [-0.2, -0.15) is 0 Å². The normalized spacial score (nSPS) is 42.0. The molecule has 0 bridgehead atoms. The predicted molar refractivity (Wildman–Crippen MR) is 107 cm³/mol. The smallest absolute Gasteiger partial charge is 0.299 e. The van der Waals surface area contributed by atoms with Crippen molar-refractivity contribution in [1.29, 1.82) is 0 Å². The fraction of sp³-hybridized carbons (Fsp3) is 0.789. The van der Waals surface area contributed by atoms with E-state index >= 15 is 0 Å². The molecule has 0 unspecified atom stereocenters. The molecule has 0 aromatic carbocycles. The minimum atomic E-state index is -3.22. The summed E-state index contributed by atoms with van der Waals surface area (Å²) in [5.74, 6) is 2.88. The van der Waals surface area contributed by atoms with Crippen molar-refractivity contribution in [3.05, 3.63) is 11.6 Å². The SMILES string of the molecule is C[C@]12CCC(=O)C=C1CC[C@@H]1[C@@H]2CC[C@]2(C)C(=O)CC[C@@H]12.O=P(Cl)(Cl)Cl. The summed E-state index contributed by atoms with van der Waals surface area (Å²) in [5, 5.41) is -3.22. The lowest BCUT2D eigenvalue weighted by atomic mass is 9.47. The van der Waals surface area contributed by atoms with E-state index in [0.717, 1.165) is 38.5 Å². The summed E-state index contributed by atoms with van der Waals surface area (Å²) in [6, 6.07) is 0. The minimum absolute atomic E-state index is 0.0246. The van der Waals surface area contributed by atoms with E-state index in [1.807, 2.05) is 6.08 Å². The third kappa shape index (κ3) is 3.84. The number of carbonyl (C=O) groups excluding carboxylic acids is 2.